The summed E-state index contributed by atoms with van der Waals surface area (Å²) in [5.41, 5.74) is 0.271. The van der Waals surface area contributed by atoms with Gasteiger partial charge < -0.3 is 9.90 Å². The Morgan fingerprint density at radius 3 is 2.17 bits per heavy atom. The van der Waals surface area contributed by atoms with Crippen LogP contribution < -0.4 is 10.0 Å². The minimum absolute atomic E-state index is 0.0418. The van der Waals surface area contributed by atoms with E-state index in [0.717, 1.165) is 11.3 Å². The second-order valence-corrected chi connectivity index (χ2v) is 8.47. The number of alkyl halides is 2. The van der Waals surface area contributed by atoms with E-state index in [1.807, 2.05) is 0 Å². The van der Waals surface area contributed by atoms with Crippen LogP contribution in [0.25, 0.3) is 0 Å². The summed E-state index contributed by atoms with van der Waals surface area (Å²) in [5.74, 6) is -2.10. The lowest BCUT2D eigenvalue weighted by molar-refractivity contribution is -0.255. The van der Waals surface area contributed by atoms with E-state index < -0.39 is 5.97 Å². The molecule has 6 atom stereocenters. The summed E-state index contributed by atoms with van der Waals surface area (Å²) < 4.78 is 0. The molecule has 2 bridgehead atoms. The lowest BCUT2D eigenvalue weighted by Crippen LogP contribution is -2.37. The summed E-state index contributed by atoms with van der Waals surface area (Å²) in [6.07, 6.45) is 0.867. The van der Waals surface area contributed by atoms with E-state index >= 15 is 0 Å². The van der Waals surface area contributed by atoms with Crippen molar-refractivity contribution >= 4 is 55.3 Å². The molecular weight excluding hydrogens is 430 g/mol. The van der Waals surface area contributed by atoms with Crippen molar-refractivity contribution < 1.29 is 19.5 Å². The van der Waals surface area contributed by atoms with E-state index in [-0.39, 0.29) is 50.7 Å². The third-order valence-electron chi connectivity index (χ3n) is 5.33. The molecule has 23 heavy (non-hydrogen) atoms. The van der Waals surface area contributed by atoms with Crippen molar-refractivity contribution in [1.82, 2.24) is 0 Å². The van der Waals surface area contributed by atoms with Gasteiger partial charge in [-0.1, -0.05) is 44.0 Å². The highest BCUT2D eigenvalue weighted by Crippen LogP contribution is 2.60. The Balaban J connectivity index is 1.73. The van der Waals surface area contributed by atoms with E-state index in [4.69, 9.17) is 0 Å². The van der Waals surface area contributed by atoms with Gasteiger partial charge in [-0.15, -0.1) is 0 Å². The maximum atomic E-state index is 12.8. The average Bonchev–Trinajstić information content (AvgIpc) is 3.12. The number of imide groups is 1. The predicted molar refractivity (Wildman–Crippen MR) is 87.3 cm³/mol. The zero-order chi connectivity index (χ0) is 16.5. The number of carbonyl (C=O) groups excluding carboxylic acids is 3. The monoisotopic (exact) mass is 440 g/mol. The lowest BCUT2D eigenvalue weighted by atomic mass is 9.81. The first-order valence-corrected chi connectivity index (χ1v) is 9.22. The maximum absolute atomic E-state index is 12.8. The quantitative estimate of drug-likeness (QED) is 0.512. The molecule has 3 fully saturated rings. The second-order valence-electron chi connectivity index (χ2n) is 6.35. The summed E-state index contributed by atoms with van der Waals surface area (Å²) in [6.45, 7) is 0. The van der Waals surface area contributed by atoms with Gasteiger partial charge in [0.05, 0.1) is 23.5 Å². The third-order valence-corrected chi connectivity index (χ3v) is 8.53. The summed E-state index contributed by atoms with van der Waals surface area (Å²) >= 11 is 7.27. The maximum Gasteiger partial charge on any atom is 0.238 e. The number of carbonyl (C=O) groups is 3. The molecule has 4 rings (SSSR count). The fourth-order valence-corrected chi connectivity index (χ4v) is 6.25. The minimum Gasteiger partial charge on any atom is -0.545 e. The number of fused-ring (bicyclic) bond motifs is 5. The van der Waals surface area contributed by atoms with E-state index in [1.165, 1.54) is 18.2 Å². The molecule has 2 amide bonds. The summed E-state index contributed by atoms with van der Waals surface area (Å²) in [6, 6.07) is 5.81. The number of benzene rings is 1. The number of aromatic carboxylic acids is 1. The highest BCUT2D eigenvalue weighted by atomic mass is 79.9. The van der Waals surface area contributed by atoms with Crippen LogP contribution in [0.5, 0.6) is 0 Å². The van der Waals surface area contributed by atoms with Crippen molar-refractivity contribution in [2.75, 3.05) is 4.90 Å². The van der Waals surface area contributed by atoms with Gasteiger partial charge in [-0.2, -0.15) is 0 Å². The Morgan fingerprint density at radius 1 is 1.09 bits per heavy atom. The molecule has 0 N–H and O–H groups in total. The van der Waals surface area contributed by atoms with Crippen LogP contribution in [0.4, 0.5) is 5.69 Å². The zero-order valence-electron chi connectivity index (χ0n) is 11.8. The summed E-state index contributed by atoms with van der Waals surface area (Å²) in [7, 11) is 0. The van der Waals surface area contributed by atoms with Crippen molar-refractivity contribution in [1.29, 1.82) is 0 Å². The van der Waals surface area contributed by atoms with Gasteiger partial charge in [0, 0.05) is 9.65 Å². The molecule has 7 heteroatoms. The van der Waals surface area contributed by atoms with Crippen LogP contribution in [0.1, 0.15) is 16.8 Å². The van der Waals surface area contributed by atoms with Gasteiger partial charge in [-0.3, -0.25) is 14.5 Å². The number of anilines is 1. The largest absolute Gasteiger partial charge is 0.545 e. The Hall–Kier alpha value is -1.21. The predicted octanol–water partition coefficient (Wildman–Crippen LogP) is 1.33. The molecule has 5 nitrogen and oxygen atoms in total. The fraction of sp³-hybridized carbons (Fsp3) is 0.438. The number of amides is 2. The van der Waals surface area contributed by atoms with Crippen LogP contribution in [0.15, 0.2) is 24.3 Å². The van der Waals surface area contributed by atoms with E-state index in [1.54, 1.807) is 6.07 Å². The van der Waals surface area contributed by atoms with Crippen molar-refractivity contribution in [2.45, 2.75) is 16.1 Å². The van der Waals surface area contributed by atoms with Crippen LogP contribution in [0.2, 0.25) is 0 Å². The van der Waals surface area contributed by atoms with Crippen LogP contribution in [0.3, 0.4) is 0 Å². The number of carboxylic acids is 1. The molecular formula is C16H12Br2NO4-. The van der Waals surface area contributed by atoms with Crippen molar-refractivity contribution in [3.8, 4) is 0 Å². The summed E-state index contributed by atoms with van der Waals surface area (Å²) in [4.78, 5) is 38.2. The average molecular weight is 442 g/mol. The van der Waals surface area contributed by atoms with Gasteiger partial charge in [0.15, 0.2) is 0 Å². The Bertz CT molecular complexity index is 705. The van der Waals surface area contributed by atoms with Crippen LogP contribution in [-0.4, -0.2) is 27.4 Å². The molecule has 1 heterocycles. The van der Waals surface area contributed by atoms with E-state index in [9.17, 15) is 19.5 Å². The smallest absolute Gasteiger partial charge is 0.238 e. The van der Waals surface area contributed by atoms with Gasteiger partial charge in [0.25, 0.3) is 0 Å². The van der Waals surface area contributed by atoms with Crippen LogP contribution in [0, 0.1) is 23.7 Å². The Labute approximate surface area is 149 Å². The lowest BCUT2D eigenvalue weighted by Gasteiger charge is -2.28. The second kappa shape index (κ2) is 5.14. The number of carboxylic acid groups (broad SMARTS) is 1. The Morgan fingerprint density at radius 2 is 1.65 bits per heavy atom. The SMILES string of the molecule is O=C([O-])c1cccc(N2C(=O)[C@@H]3[C@H]4C[C@H]([C@H](Br)[C@@H]4Br)[C@@H]3C2=O)c1. The number of halogens is 2. The van der Waals surface area contributed by atoms with Crippen molar-refractivity contribution in [3.05, 3.63) is 29.8 Å². The zero-order valence-corrected chi connectivity index (χ0v) is 15.0. The number of rotatable bonds is 2. The van der Waals surface area contributed by atoms with Crippen LogP contribution in [-0.2, 0) is 9.59 Å². The normalized spacial score (nSPS) is 38.3. The van der Waals surface area contributed by atoms with Gasteiger partial charge >= 0.3 is 0 Å². The fourth-order valence-electron chi connectivity index (χ4n) is 4.38. The molecule has 120 valence electrons. The molecule has 1 aliphatic heterocycles. The number of hydrogen-bond acceptors (Lipinski definition) is 4. The molecule has 3 aliphatic rings. The molecule has 0 spiro atoms. The first-order valence-electron chi connectivity index (χ1n) is 7.39. The first kappa shape index (κ1) is 15.3. The molecule has 2 saturated carbocycles. The summed E-state index contributed by atoms with van der Waals surface area (Å²) in [5, 5.41) is 11.0. The van der Waals surface area contributed by atoms with Gasteiger partial charge in [-0.05, 0) is 36.0 Å². The molecule has 0 unspecified atom stereocenters. The molecule has 1 saturated heterocycles. The Kier molecular flexibility index (Phi) is 3.43. The van der Waals surface area contributed by atoms with Gasteiger partial charge in [-0.25, -0.2) is 0 Å². The van der Waals surface area contributed by atoms with Crippen LogP contribution >= 0.6 is 31.9 Å². The highest BCUT2D eigenvalue weighted by molar-refractivity contribution is 9.12. The molecule has 2 aliphatic carbocycles. The number of hydrogen-bond donors (Lipinski definition) is 0. The third kappa shape index (κ3) is 1.99. The first-order chi connectivity index (χ1) is 10.9. The molecule has 0 radical (unpaired) electrons. The van der Waals surface area contributed by atoms with Gasteiger partial charge in [0.2, 0.25) is 11.8 Å². The standard InChI is InChI=1S/C16H13Br2NO4/c17-12-8-5-9(13(12)18)11-10(8)14(20)19(15(11)21)7-3-1-2-6(4-7)16(22)23/h1-4,8-13H,5H2,(H,22,23)/p-1/t8-,9+,10-,11+,12-,13+. The van der Waals surface area contributed by atoms with E-state index in [2.05, 4.69) is 31.9 Å². The van der Waals surface area contributed by atoms with Gasteiger partial charge in [0.1, 0.15) is 0 Å². The molecule has 1 aromatic rings. The molecule has 1 aromatic carbocycles. The highest BCUT2D eigenvalue weighted by Gasteiger charge is 2.66. The minimum atomic E-state index is -1.33. The van der Waals surface area contributed by atoms with Crippen molar-refractivity contribution in [2.24, 2.45) is 23.7 Å². The number of nitrogens with zero attached hydrogens (tertiary/aromatic N) is 1. The van der Waals surface area contributed by atoms with Crippen molar-refractivity contribution in [3.63, 3.8) is 0 Å². The van der Waals surface area contributed by atoms with E-state index in [0.29, 0.717) is 5.69 Å². The molecule has 0 aromatic heterocycles. The topological polar surface area (TPSA) is 77.5 Å².